The van der Waals surface area contributed by atoms with Crippen LogP contribution >= 0.6 is 0 Å². The standard InChI is InChI=1S/C14H19NO5/c1-14(2,3)20-13(18)15-9-5-4-6-10-7-8-11(19-10)12(16)17/h4,6-8H,5,9H2,1-3H3,(H,15,18)(H,16,17). The number of carbonyl (C=O) groups is 2. The van der Waals surface area contributed by atoms with Gasteiger partial charge in [-0.3, -0.25) is 0 Å². The number of aromatic carboxylic acids is 1. The third-order valence-electron chi connectivity index (χ3n) is 2.10. The maximum atomic E-state index is 11.3. The number of carbonyl (C=O) groups excluding carboxylic acids is 1. The van der Waals surface area contributed by atoms with Crippen LogP contribution in [-0.4, -0.2) is 29.3 Å². The lowest BCUT2D eigenvalue weighted by Gasteiger charge is -2.19. The van der Waals surface area contributed by atoms with Crippen molar-refractivity contribution in [3.05, 3.63) is 29.7 Å². The maximum absolute atomic E-state index is 11.3. The summed E-state index contributed by atoms with van der Waals surface area (Å²) < 4.78 is 10.1. The average Bonchev–Trinajstić information content (AvgIpc) is 2.75. The van der Waals surface area contributed by atoms with Crippen molar-refractivity contribution in [2.75, 3.05) is 6.54 Å². The SMILES string of the molecule is CC(C)(C)OC(=O)NCCC=Cc1ccc(C(=O)O)o1. The molecule has 110 valence electrons. The van der Waals surface area contributed by atoms with Crippen LogP contribution in [0.25, 0.3) is 6.08 Å². The number of carboxylic acids is 1. The molecule has 0 saturated carbocycles. The van der Waals surface area contributed by atoms with Crippen LogP contribution < -0.4 is 5.32 Å². The second kappa shape index (κ2) is 6.79. The molecule has 0 saturated heterocycles. The summed E-state index contributed by atoms with van der Waals surface area (Å²) in [6.45, 7) is 5.81. The number of ether oxygens (including phenoxy) is 1. The van der Waals surface area contributed by atoms with Crippen LogP contribution in [0.15, 0.2) is 22.6 Å². The quantitative estimate of drug-likeness (QED) is 0.810. The Morgan fingerprint density at radius 3 is 2.65 bits per heavy atom. The Labute approximate surface area is 117 Å². The van der Waals surface area contributed by atoms with Crippen molar-refractivity contribution in [1.82, 2.24) is 5.32 Å². The van der Waals surface area contributed by atoms with Crippen molar-refractivity contribution in [2.24, 2.45) is 0 Å². The van der Waals surface area contributed by atoms with Gasteiger partial charge in [-0.05, 0) is 45.4 Å². The molecule has 0 aromatic carbocycles. The highest BCUT2D eigenvalue weighted by molar-refractivity contribution is 5.84. The highest BCUT2D eigenvalue weighted by atomic mass is 16.6. The summed E-state index contributed by atoms with van der Waals surface area (Å²) in [6, 6.07) is 2.96. The minimum absolute atomic E-state index is 0.100. The van der Waals surface area contributed by atoms with Gasteiger partial charge in [0.25, 0.3) is 0 Å². The number of furan rings is 1. The monoisotopic (exact) mass is 281 g/mol. The van der Waals surface area contributed by atoms with Crippen LogP contribution in [0, 0.1) is 0 Å². The van der Waals surface area contributed by atoms with E-state index in [1.54, 1.807) is 39.0 Å². The van der Waals surface area contributed by atoms with Crippen molar-refractivity contribution in [3.63, 3.8) is 0 Å². The minimum Gasteiger partial charge on any atom is -0.475 e. The third kappa shape index (κ3) is 6.08. The fraction of sp³-hybridized carbons (Fsp3) is 0.429. The highest BCUT2D eigenvalue weighted by Gasteiger charge is 2.15. The first-order valence-corrected chi connectivity index (χ1v) is 6.24. The van der Waals surface area contributed by atoms with Gasteiger partial charge in [-0.15, -0.1) is 0 Å². The average molecular weight is 281 g/mol. The van der Waals surface area contributed by atoms with Gasteiger partial charge in [0.2, 0.25) is 5.76 Å². The van der Waals surface area contributed by atoms with Crippen LogP contribution in [0.5, 0.6) is 0 Å². The second-order valence-corrected chi connectivity index (χ2v) is 5.13. The zero-order chi connectivity index (χ0) is 15.2. The first-order valence-electron chi connectivity index (χ1n) is 6.24. The zero-order valence-electron chi connectivity index (χ0n) is 11.8. The van der Waals surface area contributed by atoms with Gasteiger partial charge >= 0.3 is 12.1 Å². The summed E-state index contributed by atoms with van der Waals surface area (Å²) in [7, 11) is 0. The summed E-state index contributed by atoms with van der Waals surface area (Å²) in [5.74, 6) is -0.743. The van der Waals surface area contributed by atoms with Gasteiger partial charge in [-0.25, -0.2) is 9.59 Å². The van der Waals surface area contributed by atoms with Gasteiger partial charge in [-0.1, -0.05) is 6.08 Å². The predicted molar refractivity (Wildman–Crippen MR) is 73.6 cm³/mol. The van der Waals surface area contributed by atoms with E-state index in [-0.39, 0.29) is 5.76 Å². The summed E-state index contributed by atoms with van der Waals surface area (Å²) in [4.78, 5) is 21.9. The molecule has 1 amide bonds. The van der Waals surface area contributed by atoms with E-state index in [1.807, 2.05) is 0 Å². The lowest BCUT2D eigenvalue weighted by molar-refractivity contribution is 0.0528. The number of hydrogen-bond acceptors (Lipinski definition) is 4. The molecule has 1 rings (SSSR count). The normalized spacial score (nSPS) is 11.6. The van der Waals surface area contributed by atoms with Crippen molar-refractivity contribution in [2.45, 2.75) is 32.8 Å². The van der Waals surface area contributed by atoms with Gasteiger partial charge in [0.15, 0.2) is 0 Å². The molecule has 0 atom stereocenters. The van der Waals surface area contributed by atoms with E-state index in [2.05, 4.69) is 5.32 Å². The molecule has 0 unspecified atom stereocenters. The summed E-state index contributed by atoms with van der Waals surface area (Å²) in [5.41, 5.74) is -0.513. The molecule has 1 aromatic heterocycles. The Morgan fingerprint density at radius 2 is 2.10 bits per heavy atom. The highest BCUT2D eigenvalue weighted by Crippen LogP contribution is 2.10. The fourth-order valence-corrected chi connectivity index (χ4v) is 1.33. The molecule has 0 aliphatic heterocycles. The van der Waals surface area contributed by atoms with E-state index in [0.717, 1.165) is 0 Å². The topological polar surface area (TPSA) is 88.8 Å². The molecule has 0 bridgehead atoms. The Morgan fingerprint density at radius 1 is 1.40 bits per heavy atom. The van der Waals surface area contributed by atoms with Crippen LogP contribution in [0.2, 0.25) is 0 Å². The lowest BCUT2D eigenvalue weighted by atomic mass is 10.2. The number of amides is 1. The van der Waals surface area contributed by atoms with Gasteiger partial charge in [-0.2, -0.15) is 0 Å². The second-order valence-electron chi connectivity index (χ2n) is 5.13. The Hall–Kier alpha value is -2.24. The molecule has 2 N–H and O–H groups in total. The van der Waals surface area contributed by atoms with Crippen LogP contribution in [0.4, 0.5) is 4.79 Å². The fourth-order valence-electron chi connectivity index (χ4n) is 1.33. The van der Waals surface area contributed by atoms with Crippen molar-refractivity contribution in [1.29, 1.82) is 0 Å². The molecule has 0 radical (unpaired) electrons. The number of rotatable bonds is 5. The summed E-state index contributed by atoms with van der Waals surface area (Å²) in [6.07, 6.45) is 3.56. The summed E-state index contributed by atoms with van der Waals surface area (Å²) in [5, 5.41) is 11.3. The largest absolute Gasteiger partial charge is 0.475 e. The molecule has 0 spiro atoms. The molecule has 0 aliphatic carbocycles. The molecule has 6 nitrogen and oxygen atoms in total. The predicted octanol–water partition coefficient (Wildman–Crippen LogP) is 2.91. The maximum Gasteiger partial charge on any atom is 0.407 e. The lowest BCUT2D eigenvalue weighted by Crippen LogP contribution is -2.32. The Kier molecular flexibility index (Phi) is 5.37. The molecular formula is C14H19NO5. The number of carboxylic acid groups (broad SMARTS) is 1. The Bertz CT molecular complexity index is 496. The first-order chi connectivity index (χ1) is 9.28. The molecular weight excluding hydrogens is 262 g/mol. The van der Waals surface area contributed by atoms with E-state index in [9.17, 15) is 9.59 Å². The zero-order valence-corrected chi connectivity index (χ0v) is 11.8. The Balaban J connectivity index is 2.28. The van der Waals surface area contributed by atoms with Crippen LogP contribution in [0.3, 0.4) is 0 Å². The number of nitrogens with one attached hydrogen (secondary N) is 1. The molecule has 1 aromatic rings. The van der Waals surface area contributed by atoms with Crippen molar-refractivity contribution >= 4 is 18.1 Å². The van der Waals surface area contributed by atoms with E-state index in [4.69, 9.17) is 14.3 Å². The van der Waals surface area contributed by atoms with E-state index in [1.165, 1.54) is 6.07 Å². The molecule has 0 aliphatic rings. The van der Waals surface area contributed by atoms with Gasteiger partial charge in [0.05, 0.1) is 0 Å². The van der Waals surface area contributed by atoms with Crippen LogP contribution in [0.1, 0.15) is 43.5 Å². The van der Waals surface area contributed by atoms with Crippen molar-refractivity contribution < 1.29 is 23.8 Å². The van der Waals surface area contributed by atoms with Crippen LogP contribution in [-0.2, 0) is 4.74 Å². The molecule has 0 fully saturated rings. The van der Waals surface area contributed by atoms with Crippen molar-refractivity contribution in [3.8, 4) is 0 Å². The van der Waals surface area contributed by atoms with Gasteiger partial charge < -0.3 is 19.6 Å². The minimum atomic E-state index is -1.10. The molecule has 6 heteroatoms. The molecule has 20 heavy (non-hydrogen) atoms. The number of alkyl carbamates (subject to hydrolysis) is 1. The first kappa shape index (κ1) is 15.8. The number of hydrogen-bond donors (Lipinski definition) is 2. The smallest absolute Gasteiger partial charge is 0.407 e. The summed E-state index contributed by atoms with van der Waals surface area (Å²) >= 11 is 0. The third-order valence-corrected chi connectivity index (χ3v) is 2.10. The van der Waals surface area contributed by atoms with Gasteiger partial charge in [0, 0.05) is 6.54 Å². The van der Waals surface area contributed by atoms with E-state index >= 15 is 0 Å². The van der Waals surface area contributed by atoms with E-state index < -0.39 is 17.7 Å². The van der Waals surface area contributed by atoms with E-state index in [0.29, 0.717) is 18.7 Å². The molecule has 1 heterocycles. The van der Waals surface area contributed by atoms with Gasteiger partial charge in [0.1, 0.15) is 11.4 Å².